The summed E-state index contributed by atoms with van der Waals surface area (Å²) in [4.78, 5) is 54.2. The summed E-state index contributed by atoms with van der Waals surface area (Å²) < 4.78 is 11.3. The summed E-state index contributed by atoms with van der Waals surface area (Å²) in [6.45, 7) is 2.79. The Hall–Kier alpha value is -4.51. The monoisotopic (exact) mass is 505 g/mol. The Bertz CT molecular complexity index is 1620. The average Bonchev–Trinajstić information content (AvgIpc) is 3.23. The van der Waals surface area contributed by atoms with Crippen LogP contribution in [0.15, 0.2) is 34.8 Å². The van der Waals surface area contributed by atoms with Crippen LogP contribution in [0.4, 0.5) is 0 Å². The van der Waals surface area contributed by atoms with Crippen LogP contribution in [-0.2, 0) is 42.6 Å². The molecule has 2 aromatic heterocycles. The topological polar surface area (TPSA) is 157 Å². The van der Waals surface area contributed by atoms with Crippen molar-refractivity contribution in [2.24, 2.45) is 0 Å². The number of phenols is 1. The first-order valence-electron chi connectivity index (χ1n) is 11.5. The van der Waals surface area contributed by atoms with E-state index in [0.29, 0.717) is 27.9 Å². The number of carbonyl (C=O) groups excluding carboxylic acids is 3. The predicted molar refractivity (Wildman–Crippen MR) is 130 cm³/mol. The van der Waals surface area contributed by atoms with Crippen molar-refractivity contribution in [3.8, 4) is 17.1 Å². The number of methoxy groups -OCH3 is 1. The third kappa shape index (κ3) is 3.66. The van der Waals surface area contributed by atoms with Gasteiger partial charge in [-0.3, -0.25) is 9.59 Å². The van der Waals surface area contributed by atoms with E-state index in [2.05, 4.69) is 5.32 Å². The summed E-state index contributed by atoms with van der Waals surface area (Å²) in [5, 5.41) is 24.5. The number of hydrogen-bond acceptors (Lipinski definition) is 9. The summed E-state index contributed by atoms with van der Waals surface area (Å²) in [6, 6.07) is 6.33. The van der Waals surface area contributed by atoms with Gasteiger partial charge in [0.2, 0.25) is 5.91 Å². The van der Waals surface area contributed by atoms with Gasteiger partial charge in [0, 0.05) is 29.0 Å². The molecule has 37 heavy (non-hydrogen) atoms. The Kier molecular flexibility index (Phi) is 5.60. The lowest BCUT2D eigenvalue weighted by atomic mass is 9.86. The van der Waals surface area contributed by atoms with Gasteiger partial charge in [-0.2, -0.15) is 0 Å². The minimum Gasteiger partial charge on any atom is -0.507 e. The first-order valence-corrected chi connectivity index (χ1v) is 11.5. The van der Waals surface area contributed by atoms with Gasteiger partial charge >= 0.3 is 11.9 Å². The number of pyridine rings is 2. The number of aromatic hydroxyl groups is 1. The summed E-state index contributed by atoms with van der Waals surface area (Å²) in [7, 11) is 1.17. The van der Waals surface area contributed by atoms with Crippen molar-refractivity contribution in [2.75, 3.05) is 7.11 Å². The normalized spacial score (nSPS) is 18.1. The van der Waals surface area contributed by atoms with E-state index >= 15 is 0 Å². The van der Waals surface area contributed by atoms with E-state index in [0.717, 1.165) is 0 Å². The SMILES string of the molecule is CC[C@@]1(O)C(=O)OCc2c1cc1n(c2=O)Cc2cc3c(C=C(NC(C)=O)C(=O)OC)c(O)ccc3nc2-1. The van der Waals surface area contributed by atoms with Gasteiger partial charge in [0.1, 0.15) is 18.1 Å². The van der Waals surface area contributed by atoms with Crippen molar-refractivity contribution in [1.29, 1.82) is 0 Å². The summed E-state index contributed by atoms with van der Waals surface area (Å²) in [5.74, 6) is -2.26. The third-order valence-electron chi connectivity index (χ3n) is 6.71. The molecular formula is C26H23N3O8. The molecule has 0 saturated heterocycles. The molecule has 0 radical (unpaired) electrons. The summed E-state index contributed by atoms with van der Waals surface area (Å²) in [6.07, 6.45) is 1.34. The molecule has 3 N–H and O–H groups in total. The number of carbonyl (C=O) groups is 3. The molecular weight excluding hydrogens is 482 g/mol. The second-order valence-corrected chi connectivity index (χ2v) is 8.89. The van der Waals surface area contributed by atoms with Gasteiger partial charge in [0.15, 0.2) is 5.60 Å². The average molecular weight is 505 g/mol. The molecule has 1 aromatic carbocycles. The fourth-order valence-electron chi connectivity index (χ4n) is 4.80. The molecule has 0 aliphatic carbocycles. The number of esters is 2. The fraction of sp³-hybridized carbons (Fsp3) is 0.269. The van der Waals surface area contributed by atoms with Crippen LogP contribution >= 0.6 is 0 Å². The van der Waals surface area contributed by atoms with Crippen molar-refractivity contribution in [2.45, 2.75) is 39.0 Å². The maximum absolute atomic E-state index is 13.3. The Balaban J connectivity index is 1.71. The molecule has 11 nitrogen and oxygen atoms in total. The maximum Gasteiger partial charge on any atom is 0.354 e. The largest absolute Gasteiger partial charge is 0.507 e. The van der Waals surface area contributed by atoms with Gasteiger partial charge in [-0.1, -0.05) is 6.92 Å². The van der Waals surface area contributed by atoms with Crippen LogP contribution in [0.25, 0.3) is 28.4 Å². The standard InChI is InChI=1S/C26H23N3O8/c1-4-26(35)17-9-20-22-13(10-29(20)23(32)16(17)11-37-25(26)34)7-14-15(21(31)6-5-18(14)28-22)8-19(24(33)36-3)27-12(2)30/h5-9,31,35H,4,10-11H2,1-3H3,(H,27,30)/t26-/m0/s1. The number of rotatable bonds is 4. The van der Waals surface area contributed by atoms with Crippen LogP contribution in [0.1, 0.15) is 42.5 Å². The van der Waals surface area contributed by atoms with Crippen molar-refractivity contribution in [3.05, 3.63) is 62.6 Å². The van der Waals surface area contributed by atoms with E-state index in [9.17, 15) is 29.4 Å². The molecule has 1 atom stereocenters. The van der Waals surface area contributed by atoms with E-state index < -0.39 is 29.0 Å². The van der Waals surface area contributed by atoms with Crippen LogP contribution in [0.3, 0.4) is 0 Å². The lowest BCUT2D eigenvalue weighted by Gasteiger charge is -2.31. The molecule has 190 valence electrons. The van der Waals surface area contributed by atoms with Crippen molar-refractivity contribution >= 4 is 34.8 Å². The smallest absolute Gasteiger partial charge is 0.354 e. The third-order valence-corrected chi connectivity index (χ3v) is 6.71. The first-order chi connectivity index (χ1) is 17.6. The Morgan fingerprint density at radius 3 is 2.73 bits per heavy atom. The minimum absolute atomic E-state index is 0.0333. The molecule has 0 bridgehead atoms. The lowest BCUT2D eigenvalue weighted by Crippen LogP contribution is -2.44. The second-order valence-electron chi connectivity index (χ2n) is 8.89. The zero-order valence-electron chi connectivity index (χ0n) is 20.2. The van der Waals surface area contributed by atoms with E-state index in [4.69, 9.17) is 14.5 Å². The zero-order chi connectivity index (χ0) is 26.6. The van der Waals surface area contributed by atoms with Crippen molar-refractivity contribution < 1.29 is 34.1 Å². The number of fused-ring (bicyclic) bond motifs is 5. The number of nitrogens with one attached hydrogen (secondary N) is 1. The number of amides is 1. The van der Waals surface area contributed by atoms with Crippen LogP contribution < -0.4 is 10.9 Å². The molecule has 0 fully saturated rings. The van der Waals surface area contributed by atoms with Crippen molar-refractivity contribution in [1.82, 2.24) is 14.9 Å². The highest BCUT2D eigenvalue weighted by atomic mass is 16.6. The van der Waals surface area contributed by atoms with Gasteiger partial charge in [-0.25, -0.2) is 14.6 Å². The van der Waals surface area contributed by atoms with Gasteiger partial charge in [0.25, 0.3) is 5.56 Å². The molecule has 0 unspecified atom stereocenters. The van der Waals surface area contributed by atoms with Gasteiger partial charge in [-0.15, -0.1) is 0 Å². The Morgan fingerprint density at radius 2 is 2.05 bits per heavy atom. The van der Waals surface area contributed by atoms with Gasteiger partial charge in [0.05, 0.1) is 36.1 Å². The maximum atomic E-state index is 13.3. The van der Waals surface area contributed by atoms with Crippen LogP contribution in [0, 0.1) is 0 Å². The Labute approximate surface area is 210 Å². The highest BCUT2D eigenvalue weighted by Crippen LogP contribution is 2.39. The van der Waals surface area contributed by atoms with Crippen LogP contribution in [0.5, 0.6) is 5.75 Å². The van der Waals surface area contributed by atoms with E-state index in [-0.39, 0.29) is 47.7 Å². The first kappa shape index (κ1) is 24.2. The molecule has 0 spiro atoms. The van der Waals surface area contributed by atoms with Gasteiger partial charge < -0.3 is 29.6 Å². The molecule has 2 aliphatic rings. The lowest BCUT2D eigenvalue weighted by molar-refractivity contribution is -0.172. The minimum atomic E-state index is -1.93. The molecule has 1 amide bonds. The van der Waals surface area contributed by atoms with E-state index in [1.54, 1.807) is 25.1 Å². The number of benzene rings is 1. The van der Waals surface area contributed by atoms with E-state index in [1.807, 2.05) is 0 Å². The molecule has 5 rings (SSSR count). The van der Waals surface area contributed by atoms with Crippen LogP contribution in [-0.4, -0.2) is 44.7 Å². The molecule has 11 heteroatoms. The summed E-state index contributed by atoms with van der Waals surface area (Å²) >= 11 is 0. The number of aliphatic hydroxyl groups is 1. The molecule has 2 aliphatic heterocycles. The van der Waals surface area contributed by atoms with Gasteiger partial charge in [-0.05, 0) is 36.8 Å². The quantitative estimate of drug-likeness (QED) is 0.276. The molecule has 0 saturated carbocycles. The van der Waals surface area contributed by atoms with Crippen LogP contribution in [0.2, 0.25) is 0 Å². The fourth-order valence-corrected chi connectivity index (χ4v) is 4.80. The molecule has 3 aromatic rings. The van der Waals surface area contributed by atoms with Crippen molar-refractivity contribution in [3.63, 3.8) is 0 Å². The number of aromatic nitrogens is 2. The molecule has 4 heterocycles. The highest BCUT2D eigenvalue weighted by molar-refractivity contribution is 6.02. The number of phenolic OH excluding ortho intramolecular Hbond substituents is 1. The summed E-state index contributed by atoms with van der Waals surface area (Å²) in [5.41, 5.74) is 0.181. The van der Waals surface area contributed by atoms with E-state index in [1.165, 1.54) is 30.7 Å². The Morgan fingerprint density at radius 1 is 1.30 bits per heavy atom. The second kappa shape index (κ2) is 8.56. The highest BCUT2D eigenvalue weighted by Gasteiger charge is 2.45. The predicted octanol–water partition coefficient (Wildman–Crippen LogP) is 1.44. The number of cyclic esters (lactones) is 1. The number of nitrogens with zero attached hydrogens (tertiary/aromatic N) is 2. The zero-order valence-corrected chi connectivity index (χ0v) is 20.2. The number of hydrogen-bond donors (Lipinski definition) is 3. The number of ether oxygens (including phenoxy) is 2.